The van der Waals surface area contributed by atoms with Gasteiger partial charge in [0.25, 0.3) is 0 Å². The third-order valence-electron chi connectivity index (χ3n) is 3.88. The summed E-state index contributed by atoms with van der Waals surface area (Å²) >= 11 is 0. The van der Waals surface area contributed by atoms with E-state index in [1.54, 1.807) is 0 Å². The van der Waals surface area contributed by atoms with Crippen molar-refractivity contribution in [2.45, 2.75) is 26.3 Å². The lowest BCUT2D eigenvalue weighted by Crippen LogP contribution is -2.22. The fraction of sp³-hybridized carbons (Fsp3) is 0.533. The standard InChI is InChI=1S/C15H22N2O2/c1-3-17(4-2)13-7-5-6-11(8-13)14-9-12(10-16-14)15(18)19/h5-8,12,14,16H,3-4,9-10H2,1-2H3,(H,18,19). The van der Waals surface area contributed by atoms with Gasteiger partial charge in [0.2, 0.25) is 0 Å². The summed E-state index contributed by atoms with van der Waals surface area (Å²) in [5, 5.41) is 12.4. The number of nitrogens with one attached hydrogen (secondary N) is 1. The first-order chi connectivity index (χ1) is 9.15. The Morgan fingerprint density at radius 3 is 2.74 bits per heavy atom. The monoisotopic (exact) mass is 262 g/mol. The lowest BCUT2D eigenvalue weighted by Gasteiger charge is -2.22. The molecule has 2 N–H and O–H groups in total. The fourth-order valence-electron chi connectivity index (χ4n) is 2.70. The average Bonchev–Trinajstić information content (AvgIpc) is 2.90. The smallest absolute Gasteiger partial charge is 0.307 e. The van der Waals surface area contributed by atoms with Crippen molar-refractivity contribution in [2.24, 2.45) is 5.92 Å². The minimum Gasteiger partial charge on any atom is -0.481 e. The molecule has 0 amide bonds. The second-order valence-corrected chi connectivity index (χ2v) is 5.00. The van der Waals surface area contributed by atoms with Crippen LogP contribution in [-0.4, -0.2) is 30.7 Å². The topological polar surface area (TPSA) is 52.6 Å². The Kier molecular flexibility index (Phi) is 4.43. The molecule has 0 bridgehead atoms. The molecule has 2 atom stereocenters. The van der Waals surface area contributed by atoms with Crippen LogP contribution in [0.25, 0.3) is 0 Å². The zero-order valence-corrected chi connectivity index (χ0v) is 11.6. The van der Waals surface area contributed by atoms with Crippen LogP contribution >= 0.6 is 0 Å². The third kappa shape index (κ3) is 3.07. The number of anilines is 1. The summed E-state index contributed by atoms with van der Waals surface area (Å²) < 4.78 is 0. The lowest BCUT2D eigenvalue weighted by molar-refractivity contribution is -0.141. The summed E-state index contributed by atoms with van der Waals surface area (Å²) in [5.41, 5.74) is 2.40. The molecule has 1 heterocycles. The predicted octanol–water partition coefficient (Wildman–Crippen LogP) is 2.27. The zero-order chi connectivity index (χ0) is 13.8. The van der Waals surface area contributed by atoms with Crippen molar-refractivity contribution in [2.75, 3.05) is 24.5 Å². The summed E-state index contributed by atoms with van der Waals surface area (Å²) in [7, 11) is 0. The van der Waals surface area contributed by atoms with E-state index in [4.69, 9.17) is 5.11 Å². The van der Waals surface area contributed by atoms with Crippen molar-refractivity contribution < 1.29 is 9.90 Å². The van der Waals surface area contributed by atoms with Crippen LogP contribution in [0, 0.1) is 5.92 Å². The van der Waals surface area contributed by atoms with Crippen LogP contribution in [0.5, 0.6) is 0 Å². The number of hydrogen-bond acceptors (Lipinski definition) is 3. The van der Waals surface area contributed by atoms with Gasteiger partial charge < -0.3 is 15.3 Å². The van der Waals surface area contributed by atoms with Crippen LogP contribution in [0.1, 0.15) is 31.9 Å². The van der Waals surface area contributed by atoms with Gasteiger partial charge in [-0.1, -0.05) is 12.1 Å². The Morgan fingerprint density at radius 2 is 2.16 bits per heavy atom. The van der Waals surface area contributed by atoms with Crippen molar-refractivity contribution in [3.05, 3.63) is 29.8 Å². The molecule has 0 aliphatic carbocycles. The number of carboxylic acid groups (broad SMARTS) is 1. The van der Waals surface area contributed by atoms with E-state index in [1.165, 1.54) is 11.3 Å². The van der Waals surface area contributed by atoms with Gasteiger partial charge in [0, 0.05) is 31.4 Å². The SMILES string of the molecule is CCN(CC)c1cccc(C2CC(C(=O)O)CN2)c1. The summed E-state index contributed by atoms with van der Waals surface area (Å²) in [6.45, 7) is 6.82. The van der Waals surface area contributed by atoms with E-state index in [-0.39, 0.29) is 12.0 Å². The van der Waals surface area contributed by atoms with Gasteiger partial charge >= 0.3 is 5.97 Å². The summed E-state index contributed by atoms with van der Waals surface area (Å²) in [5.74, 6) is -0.961. The molecule has 0 aromatic heterocycles. The van der Waals surface area contributed by atoms with Crippen molar-refractivity contribution in [1.29, 1.82) is 0 Å². The molecule has 2 rings (SSSR count). The molecule has 0 radical (unpaired) electrons. The molecule has 1 aromatic rings. The van der Waals surface area contributed by atoms with Gasteiger partial charge in [-0.2, -0.15) is 0 Å². The van der Waals surface area contributed by atoms with Crippen LogP contribution in [0.2, 0.25) is 0 Å². The molecule has 0 spiro atoms. The molecule has 1 aliphatic rings. The molecule has 104 valence electrons. The van der Waals surface area contributed by atoms with Gasteiger partial charge in [-0.05, 0) is 38.0 Å². The van der Waals surface area contributed by atoms with Crippen LogP contribution in [0.15, 0.2) is 24.3 Å². The Morgan fingerprint density at radius 1 is 1.42 bits per heavy atom. The molecule has 1 fully saturated rings. The molecule has 4 nitrogen and oxygen atoms in total. The Labute approximate surface area is 114 Å². The average molecular weight is 262 g/mol. The maximum atomic E-state index is 11.0. The normalized spacial score (nSPS) is 22.4. The van der Waals surface area contributed by atoms with E-state index in [0.717, 1.165) is 13.1 Å². The van der Waals surface area contributed by atoms with Crippen molar-refractivity contribution in [3.8, 4) is 0 Å². The van der Waals surface area contributed by atoms with Crippen LogP contribution in [-0.2, 0) is 4.79 Å². The number of rotatable bonds is 5. The second-order valence-electron chi connectivity index (χ2n) is 5.00. The van der Waals surface area contributed by atoms with Crippen molar-refractivity contribution in [3.63, 3.8) is 0 Å². The summed E-state index contributed by atoms with van der Waals surface area (Å²) in [6, 6.07) is 8.58. The van der Waals surface area contributed by atoms with Crippen molar-refractivity contribution in [1.82, 2.24) is 5.32 Å². The van der Waals surface area contributed by atoms with Gasteiger partial charge in [0.1, 0.15) is 0 Å². The van der Waals surface area contributed by atoms with E-state index in [9.17, 15) is 4.79 Å². The van der Waals surface area contributed by atoms with Gasteiger partial charge in [-0.25, -0.2) is 0 Å². The van der Waals surface area contributed by atoms with E-state index < -0.39 is 5.97 Å². The number of aliphatic carboxylic acids is 1. The van der Waals surface area contributed by atoms with Gasteiger partial charge in [-0.3, -0.25) is 4.79 Å². The number of hydrogen-bond donors (Lipinski definition) is 2. The number of nitrogens with zero attached hydrogens (tertiary/aromatic N) is 1. The minimum absolute atomic E-state index is 0.164. The highest BCUT2D eigenvalue weighted by molar-refractivity contribution is 5.70. The molecule has 19 heavy (non-hydrogen) atoms. The molecular formula is C15H22N2O2. The maximum Gasteiger partial charge on any atom is 0.307 e. The maximum absolute atomic E-state index is 11.0. The van der Waals surface area contributed by atoms with Gasteiger partial charge in [-0.15, -0.1) is 0 Å². The minimum atomic E-state index is -0.699. The zero-order valence-electron chi connectivity index (χ0n) is 11.6. The predicted molar refractivity (Wildman–Crippen MR) is 76.5 cm³/mol. The molecule has 4 heteroatoms. The number of benzene rings is 1. The van der Waals surface area contributed by atoms with E-state index >= 15 is 0 Å². The Hall–Kier alpha value is -1.55. The highest BCUT2D eigenvalue weighted by Gasteiger charge is 2.30. The summed E-state index contributed by atoms with van der Waals surface area (Å²) in [6.07, 6.45) is 0.678. The van der Waals surface area contributed by atoms with Crippen LogP contribution in [0.3, 0.4) is 0 Å². The van der Waals surface area contributed by atoms with Crippen molar-refractivity contribution >= 4 is 11.7 Å². The van der Waals surface area contributed by atoms with Crippen LogP contribution in [0.4, 0.5) is 5.69 Å². The molecule has 0 saturated carbocycles. The fourth-order valence-corrected chi connectivity index (χ4v) is 2.70. The molecule has 1 saturated heterocycles. The first-order valence-electron chi connectivity index (χ1n) is 6.96. The number of carboxylic acids is 1. The first kappa shape index (κ1) is 13.9. The first-order valence-corrected chi connectivity index (χ1v) is 6.96. The van der Waals surface area contributed by atoms with E-state index in [1.807, 2.05) is 0 Å². The second kappa shape index (κ2) is 6.06. The Bertz CT molecular complexity index is 444. The lowest BCUT2D eigenvalue weighted by atomic mass is 9.99. The molecule has 1 aromatic carbocycles. The highest BCUT2D eigenvalue weighted by atomic mass is 16.4. The van der Waals surface area contributed by atoms with E-state index in [2.05, 4.69) is 48.3 Å². The summed E-state index contributed by atoms with van der Waals surface area (Å²) in [4.78, 5) is 13.3. The molecular weight excluding hydrogens is 240 g/mol. The van der Waals surface area contributed by atoms with Crippen LogP contribution < -0.4 is 10.2 Å². The Balaban J connectivity index is 2.13. The number of carbonyl (C=O) groups is 1. The van der Waals surface area contributed by atoms with Gasteiger partial charge in [0.05, 0.1) is 5.92 Å². The molecule has 1 aliphatic heterocycles. The largest absolute Gasteiger partial charge is 0.481 e. The highest BCUT2D eigenvalue weighted by Crippen LogP contribution is 2.29. The molecule has 2 unspecified atom stereocenters. The van der Waals surface area contributed by atoms with Gasteiger partial charge in [0.15, 0.2) is 0 Å². The third-order valence-corrected chi connectivity index (χ3v) is 3.88. The van der Waals surface area contributed by atoms with E-state index in [0.29, 0.717) is 13.0 Å². The quantitative estimate of drug-likeness (QED) is 0.854.